The molecule has 6 nitrogen and oxygen atoms in total. The van der Waals surface area contributed by atoms with Crippen molar-refractivity contribution in [1.82, 2.24) is 0 Å². The number of ether oxygens (including phenoxy) is 2. The molecule has 1 heterocycles. The zero-order valence-electron chi connectivity index (χ0n) is 14.3. The Balaban J connectivity index is 1.64. The molecule has 0 saturated carbocycles. The first kappa shape index (κ1) is 16.7. The SMILES string of the molecule is COc1ccc(OC)c(NC(N)=NCCc2cc3ccccc3o2)c1. The van der Waals surface area contributed by atoms with Crippen LogP contribution in [0.25, 0.3) is 11.0 Å². The highest BCUT2D eigenvalue weighted by atomic mass is 16.5. The van der Waals surface area contributed by atoms with Crippen molar-refractivity contribution in [2.24, 2.45) is 10.7 Å². The summed E-state index contributed by atoms with van der Waals surface area (Å²) in [5.41, 5.74) is 7.56. The van der Waals surface area contributed by atoms with Gasteiger partial charge in [0.1, 0.15) is 22.8 Å². The van der Waals surface area contributed by atoms with E-state index in [2.05, 4.69) is 10.3 Å². The number of aliphatic imine (C=N–C) groups is 1. The van der Waals surface area contributed by atoms with Crippen molar-refractivity contribution in [2.45, 2.75) is 6.42 Å². The summed E-state index contributed by atoms with van der Waals surface area (Å²) in [6.45, 7) is 0.519. The number of guanidine groups is 1. The van der Waals surface area contributed by atoms with Gasteiger partial charge in [-0.05, 0) is 24.3 Å². The molecule has 0 radical (unpaired) electrons. The number of hydrogen-bond acceptors (Lipinski definition) is 4. The Morgan fingerprint density at radius 1 is 1.12 bits per heavy atom. The fourth-order valence-electron chi connectivity index (χ4n) is 2.54. The van der Waals surface area contributed by atoms with Crippen LogP contribution in [0, 0.1) is 0 Å². The van der Waals surface area contributed by atoms with Gasteiger partial charge in [-0.25, -0.2) is 0 Å². The molecule has 3 rings (SSSR count). The van der Waals surface area contributed by atoms with Gasteiger partial charge in [0.15, 0.2) is 5.96 Å². The lowest BCUT2D eigenvalue weighted by Gasteiger charge is -2.12. The third-order valence-corrected chi connectivity index (χ3v) is 3.79. The van der Waals surface area contributed by atoms with E-state index in [1.807, 2.05) is 42.5 Å². The maximum atomic E-state index is 5.97. The van der Waals surface area contributed by atoms with Crippen LogP contribution in [0.4, 0.5) is 5.69 Å². The number of rotatable bonds is 6. The minimum Gasteiger partial charge on any atom is -0.497 e. The van der Waals surface area contributed by atoms with Gasteiger partial charge >= 0.3 is 0 Å². The van der Waals surface area contributed by atoms with E-state index >= 15 is 0 Å². The molecule has 3 aromatic rings. The molecule has 0 spiro atoms. The van der Waals surface area contributed by atoms with Crippen molar-refractivity contribution < 1.29 is 13.9 Å². The largest absolute Gasteiger partial charge is 0.497 e. The number of benzene rings is 2. The third kappa shape index (κ3) is 4.03. The minimum atomic E-state index is 0.308. The summed E-state index contributed by atoms with van der Waals surface area (Å²) in [4.78, 5) is 4.34. The Hall–Kier alpha value is -3.15. The highest BCUT2D eigenvalue weighted by molar-refractivity contribution is 5.94. The predicted octanol–water partition coefficient (Wildman–Crippen LogP) is 3.42. The summed E-state index contributed by atoms with van der Waals surface area (Å²) < 4.78 is 16.3. The molecular formula is C19H21N3O3. The van der Waals surface area contributed by atoms with Crippen LogP contribution < -0.4 is 20.5 Å². The van der Waals surface area contributed by atoms with Crippen molar-refractivity contribution in [1.29, 1.82) is 0 Å². The van der Waals surface area contributed by atoms with Gasteiger partial charge in [-0.3, -0.25) is 4.99 Å². The first-order valence-electron chi connectivity index (χ1n) is 7.96. The van der Waals surface area contributed by atoms with Crippen LogP contribution in [0.3, 0.4) is 0 Å². The quantitative estimate of drug-likeness (QED) is 0.531. The number of nitrogens with one attached hydrogen (secondary N) is 1. The molecule has 25 heavy (non-hydrogen) atoms. The molecule has 130 valence electrons. The molecule has 0 unspecified atom stereocenters. The zero-order valence-corrected chi connectivity index (χ0v) is 14.3. The Kier molecular flexibility index (Phi) is 5.09. The molecule has 0 aliphatic heterocycles. The lowest BCUT2D eigenvalue weighted by molar-refractivity contribution is 0.405. The molecule has 3 N–H and O–H groups in total. The number of furan rings is 1. The van der Waals surface area contributed by atoms with E-state index in [1.165, 1.54) is 0 Å². The maximum absolute atomic E-state index is 5.97. The monoisotopic (exact) mass is 339 g/mol. The van der Waals surface area contributed by atoms with E-state index in [-0.39, 0.29) is 0 Å². The molecule has 0 amide bonds. The number of anilines is 1. The molecular weight excluding hydrogens is 318 g/mol. The maximum Gasteiger partial charge on any atom is 0.193 e. The Bertz CT molecular complexity index is 854. The van der Waals surface area contributed by atoms with Gasteiger partial charge in [0.25, 0.3) is 0 Å². The van der Waals surface area contributed by atoms with Crippen LogP contribution in [-0.2, 0) is 6.42 Å². The van der Waals surface area contributed by atoms with E-state index in [9.17, 15) is 0 Å². The van der Waals surface area contributed by atoms with Crippen LogP contribution in [0.15, 0.2) is 57.9 Å². The second-order valence-corrected chi connectivity index (χ2v) is 5.46. The van der Waals surface area contributed by atoms with E-state index in [1.54, 1.807) is 20.3 Å². The standard InChI is InChI=1S/C19H21N3O3/c1-23-14-7-8-18(24-2)16(12-14)22-19(20)21-10-9-15-11-13-5-3-4-6-17(13)25-15/h3-8,11-12H,9-10H2,1-2H3,(H3,20,21,22). The van der Waals surface area contributed by atoms with Gasteiger partial charge in [-0.1, -0.05) is 18.2 Å². The van der Waals surface area contributed by atoms with Gasteiger partial charge in [0.2, 0.25) is 0 Å². The van der Waals surface area contributed by atoms with Crippen LogP contribution in [0.1, 0.15) is 5.76 Å². The van der Waals surface area contributed by atoms with Gasteiger partial charge in [-0.2, -0.15) is 0 Å². The average molecular weight is 339 g/mol. The van der Waals surface area contributed by atoms with Gasteiger partial charge < -0.3 is 24.9 Å². The second kappa shape index (κ2) is 7.61. The van der Waals surface area contributed by atoms with Crippen LogP contribution in [0.5, 0.6) is 11.5 Å². The molecule has 0 atom stereocenters. The summed E-state index contributed by atoms with van der Waals surface area (Å²) in [5, 5.41) is 4.13. The molecule has 2 aromatic carbocycles. The average Bonchev–Trinajstić information content (AvgIpc) is 3.04. The van der Waals surface area contributed by atoms with Crippen molar-refractivity contribution >= 4 is 22.6 Å². The molecule has 0 bridgehead atoms. The van der Waals surface area contributed by atoms with Crippen molar-refractivity contribution in [2.75, 3.05) is 26.1 Å². The minimum absolute atomic E-state index is 0.308. The number of nitrogens with two attached hydrogens (primary N) is 1. The highest BCUT2D eigenvalue weighted by Gasteiger charge is 2.06. The molecule has 0 aliphatic rings. The fraction of sp³-hybridized carbons (Fsp3) is 0.211. The summed E-state index contributed by atoms with van der Waals surface area (Å²) >= 11 is 0. The van der Waals surface area contributed by atoms with Gasteiger partial charge in [0, 0.05) is 24.4 Å². The normalized spacial score (nSPS) is 11.5. The zero-order chi connectivity index (χ0) is 17.6. The Morgan fingerprint density at radius 3 is 2.72 bits per heavy atom. The number of hydrogen-bond donors (Lipinski definition) is 2. The highest BCUT2D eigenvalue weighted by Crippen LogP contribution is 2.28. The molecule has 6 heteroatoms. The van der Waals surface area contributed by atoms with Crippen LogP contribution in [-0.4, -0.2) is 26.7 Å². The summed E-state index contributed by atoms with van der Waals surface area (Å²) in [7, 11) is 3.21. The van der Waals surface area contributed by atoms with E-state index in [0.29, 0.717) is 36.1 Å². The van der Waals surface area contributed by atoms with E-state index in [4.69, 9.17) is 19.6 Å². The van der Waals surface area contributed by atoms with Crippen molar-refractivity contribution in [3.63, 3.8) is 0 Å². The van der Waals surface area contributed by atoms with Crippen LogP contribution >= 0.6 is 0 Å². The van der Waals surface area contributed by atoms with Crippen molar-refractivity contribution in [3.8, 4) is 11.5 Å². The number of fused-ring (bicyclic) bond motifs is 1. The summed E-state index contributed by atoms with van der Waals surface area (Å²) in [6.07, 6.45) is 0.673. The fourth-order valence-corrected chi connectivity index (χ4v) is 2.54. The molecule has 0 fully saturated rings. The molecule has 0 aliphatic carbocycles. The topological polar surface area (TPSA) is 82.0 Å². The van der Waals surface area contributed by atoms with E-state index < -0.39 is 0 Å². The third-order valence-electron chi connectivity index (χ3n) is 3.79. The van der Waals surface area contributed by atoms with Crippen molar-refractivity contribution in [3.05, 3.63) is 54.3 Å². The number of nitrogens with zero attached hydrogens (tertiary/aromatic N) is 1. The predicted molar refractivity (Wildman–Crippen MR) is 99.6 cm³/mol. The summed E-state index contributed by atoms with van der Waals surface area (Å²) in [5.74, 6) is 2.56. The number of methoxy groups -OCH3 is 2. The second-order valence-electron chi connectivity index (χ2n) is 5.46. The lowest BCUT2D eigenvalue weighted by Crippen LogP contribution is -2.23. The van der Waals surface area contributed by atoms with E-state index in [0.717, 1.165) is 16.7 Å². The van der Waals surface area contributed by atoms with Gasteiger partial charge in [0.05, 0.1) is 19.9 Å². The molecule has 0 saturated heterocycles. The van der Waals surface area contributed by atoms with Gasteiger partial charge in [-0.15, -0.1) is 0 Å². The first-order chi connectivity index (χ1) is 12.2. The summed E-state index contributed by atoms with van der Waals surface area (Å²) in [6, 6.07) is 15.4. The Labute approximate surface area is 146 Å². The molecule has 1 aromatic heterocycles. The van der Waals surface area contributed by atoms with Crippen LogP contribution in [0.2, 0.25) is 0 Å². The first-order valence-corrected chi connectivity index (χ1v) is 7.96. The number of para-hydroxylation sites is 1. The smallest absolute Gasteiger partial charge is 0.193 e. The lowest BCUT2D eigenvalue weighted by atomic mass is 10.2. The Morgan fingerprint density at radius 2 is 1.96 bits per heavy atom.